The van der Waals surface area contributed by atoms with Crippen LogP contribution in [0.4, 0.5) is 26.3 Å². The number of imidazole rings is 1. The number of sulfone groups is 1. The zero-order valence-corrected chi connectivity index (χ0v) is 16.1. The third kappa shape index (κ3) is 4.62. The fourth-order valence-electron chi connectivity index (χ4n) is 2.48. The van der Waals surface area contributed by atoms with Gasteiger partial charge in [0, 0.05) is 30.9 Å². The van der Waals surface area contributed by atoms with E-state index in [1.54, 1.807) is 0 Å². The van der Waals surface area contributed by atoms with E-state index in [1.165, 1.54) is 18.5 Å². The molecule has 0 aliphatic carbocycles. The zero-order chi connectivity index (χ0) is 21.5. The number of benzene rings is 1. The quantitative estimate of drug-likeness (QED) is 0.496. The fraction of sp³-hybridized carbons (Fsp3) is 0.438. The molecule has 0 N–H and O–H groups in total. The number of aromatic nitrogens is 2. The molecule has 12 heteroatoms. The summed E-state index contributed by atoms with van der Waals surface area (Å²) in [4.78, 5) is 3.32. The largest absolute Gasteiger partial charge is 0.416 e. The van der Waals surface area contributed by atoms with Crippen LogP contribution in [0.5, 0.6) is 0 Å². The summed E-state index contributed by atoms with van der Waals surface area (Å²) >= 11 is 5.33. The normalized spacial score (nSPS) is 14.3. The van der Waals surface area contributed by atoms with Crippen molar-refractivity contribution in [3.8, 4) is 11.4 Å². The van der Waals surface area contributed by atoms with Crippen molar-refractivity contribution in [3.05, 3.63) is 35.7 Å². The van der Waals surface area contributed by atoms with E-state index < -0.39 is 50.2 Å². The molecule has 0 radical (unpaired) electrons. The summed E-state index contributed by atoms with van der Waals surface area (Å²) < 4.78 is 103. The van der Waals surface area contributed by atoms with Crippen LogP contribution in [0.1, 0.15) is 18.2 Å². The Kier molecular flexibility index (Phi) is 6.10. The van der Waals surface area contributed by atoms with E-state index in [4.69, 9.17) is 11.6 Å². The highest BCUT2D eigenvalue weighted by atomic mass is 35.5. The van der Waals surface area contributed by atoms with E-state index in [-0.39, 0.29) is 17.1 Å². The van der Waals surface area contributed by atoms with Gasteiger partial charge in [-0.25, -0.2) is 13.4 Å². The minimum Gasteiger partial charge on any atom is -0.331 e. The van der Waals surface area contributed by atoms with E-state index >= 15 is 0 Å². The van der Waals surface area contributed by atoms with Gasteiger partial charge in [0.1, 0.15) is 11.2 Å². The van der Waals surface area contributed by atoms with Crippen LogP contribution in [-0.2, 0) is 29.5 Å². The standard InChI is InChI=1S/C16H15ClF6N2O2S/c1-3-28(26,27)12-6-9(15(18,19)20)4-5-11(12)14-24-8-10(25(14)2)7-13(17)16(21,22)23/h4-6,8,13H,3,7H2,1-2H3. The Labute approximate surface area is 162 Å². The topological polar surface area (TPSA) is 52.0 Å². The lowest BCUT2D eigenvalue weighted by atomic mass is 10.1. The maximum absolute atomic E-state index is 13.0. The molecule has 1 aromatic carbocycles. The molecule has 1 heterocycles. The van der Waals surface area contributed by atoms with Crippen molar-refractivity contribution >= 4 is 21.4 Å². The molecule has 0 aliphatic rings. The van der Waals surface area contributed by atoms with E-state index in [1.807, 2.05) is 0 Å². The van der Waals surface area contributed by atoms with Gasteiger partial charge in [0.05, 0.1) is 16.2 Å². The Hall–Kier alpha value is -1.75. The van der Waals surface area contributed by atoms with Crippen LogP contribution in [0.15, 0.2) is 29.3 Å². The zero-order valence-electron chi connectivity index (χ0n) is 14.6. The van der Waals surface area contributed by atoms with Gasteiger partial charge in [0.2, 0.25) is 0 Å². The molecule has 1 atom stereocenters. The van der Waals surface area contributed by atoms with Gasteiger partial charge in [-0.3, -0.25) is 0 Å². The molecule has 0 aliphatic heterocycles. The molecule has 2 aromatic rings. The molecule has 2 rings (SSSR count). The van der Waals surface area contributed by atoms with Crippen molar-refractivity contribution in [2.24, 2.45) is 7.05 Å². The Bertz CT molecular complexity index is 966. The van der Waals surface area contributed by atoms with Crippen LogP contribution in [0.2, 0.25) is 0 Å². The van der Waals surface area contributed by atoms with Crippen LogP contribution in [0, 0.1) is 0 Å². The predicted molar refractivity (Wildman–Crippen MR) is 90.8 cm³/mol. The Morgan fingerprint density at radius 3 is 2.29 bits per heavy atom. The first kappa shape index (κ1) is 22.5. The number of hydrogen-bond donors (Lipinski definition) is 0. The van der Waals surface area contributed by atoms with E-state index in [9.17, 15) is 34.8 Å². The van der Waals surface area contributed by atoms with Crippen LogP contribution in [-0.4, -0.2) is 35.3 Å². The first-order valence-electron chi connectivity index (χ1n) is 7.84. The molecule has 0 saturated carbocycles. The molecular formula is C16H15ClF6N2O2S. The van der Waals surface area contributed by atoms with Crippen LogP contribution < -0.4 is 0 Å². The minimum absolute atomic E-state index is 0.0482. The van der Waals surface area contributed by atoms with Crippen LogP contribution >= 0.6 is 11.6 Å². The van der Waals surface area contributed by atoms with Crippen molar-refractivity contribution in [1.82, 2.24) is 9.55 Å². The highest BCUT2D eigenvalue weighted by Gasteiger charge is 2.39. The molecular weight excluding hydrogens is 434 g/mol. The summed E-state index contributed by atoms with van der Waals surface area (Å²) in [6, 6.07) is 2.14. The number of alkyl halides is 7. The number of halogens is 7. The Balaban J connectivity index is 2.60. The summed E-state index contributed by atoms with van der Waals surface area (Å²) in [6.45, 7) is 1.27. The second-order valence-electron chi connectivity index (χ2n) is 5.96. The monoisotopic (exact) mass is 448 g/mol. The van der Waals surface area contributed by atoms with Crippen molar-refractivity contribution in [2.45, 2.75) is 36.0 Å². The summed E-state index contributed by atoms with van der Waals surface area (Å²) in [6.07, 6.45) is -8.97. The first-order valence-corrected chi connectivity index (χ1v) is 9.93. The van der Waals surface area contributed by atoms with E-state index in [0.717, 1.165) is 12.3 Å². The average molecular weight is 449 g/mol. The molecule has 0 amide bonds. The van der Waals surface area contributed by atoms with Crippen molar-refractivity contribution in [3.63, 3.8) is 0 Å². The lowest BCUT2D eigenvalue weighted by molar-refractivity contribution is -0.137. The van der Waals surface area contributed by atoms with Gasteiger partial charge in [-0.05, 0) is 18.2 Å². The van der Waals surface area contributed by atoms with Gasteiger partial charge in [-0.2, -0.15) is 26.3 Å². The smallest absolute Gasteiger partial charge is 0.331 e. The molecule has 1 unspecified atom stereocenters. The molecule has 4 nitrogen and oxygen atoms in total. The van der Waals surface area contributed by atoms with E-state index in [0.29, 0.717) is 12.1 Å². The third-order valence-electron chi connectivity index (χ3n) is 4.09. The van der Waals surface area contributed by atoms with Crippen molar-refractivity contribution in [1.29, 1.82) is 0 Å². The van der Waals surface area contributed by atoms with Crippen molar-refractivity contribution in [2.75, 3.05) is 5.75 Å². The highest BCUT2D eigenvalue weighted by Crippen LogP contribution is 2.36. The molecule has 0 bridgehead atoms. The number of hydrogen-bond acceptors (Lipinski definition) is 3. The predicted octanol–water partition coefficient (Wildman–Crippen LogP) is 4.61. The van der Waals surface area contributed by atoms with E-state index in [2.05, 4.69) is 4.98 Å². The first-order chi connectivity index (χ1) is 12.7. The van der Waals surface area contributed by atoms with Gasteiger partial charge >= 0.3 is 12.4 Å². The maximum atomic E-state index is 13.0. The molecule has 0 fully saturated rings. The fourth-order valence-corrected chi connectivity index (χ4v) is 3.75. The summed E-state index contributed by atoms with van der Waals surface area (Å²) in [5.74, 6) is -0.544. The highest BCUT2D eigenvalue weighted by molar-refractivity contribution is 7.91. The maximum Gasteiger partial charge on any atom is 0.416 e. The van der Waals surface area contributed by atoms with Gasteiger partial charge in [-0.15, -0.1) is 11.6 Å². The van der Waals surface area contributed by atoms with Gasteiger partial charge in [-0.1, -0.05) is 6.92 Å². The Morgan fingerprint density at radius 1 is 1.18 bits per heavy atom. The number of nitrogens with zero attached hydrogens (tertiary/aromatic N) is 2. The molecule has 0 saturated heterocycles. The second-order valence-corrected chi connectivity index (χ2v) is 8.73. The SMILES string of the molecule is CCS(=O)(=O)c1cc(C(F)(F)F)ccc1-c1ncc(CC(Cl)C(F)(F)F)n1C. The lowest BCUT2D eigenvalue weighted by Crippen LogP contribution is -2.26. The summed E-state index contributed by atoms with van der Waals surface area (Å²) in [5, 5.41) is -2.19. The third-order valence-corrected chi connectivity index (χ3v) is 6.26. The molecule has 0 spiro atoms. The summed E-state index contributed by atoms with van der Waals surface area (Å²) in [7, 11) is -2.74. The van der Waals surface area contributed by atoms with Gasteiger partial charge in [0.15, 0.2) is 9.84 Å². The average Bonchev–Trinajstić information content (AvgIpc) is 2.93. The van der Waals surface area contributed by atoms with Gasteiger partial charge < -0.3 is 4.57 Å². The van der Waals surface area contributed by atoms with Crippen LogP contribution in [0.3, 0.4) is 0 Å². The molecule has 28 heavy (non-hydrogen) atoms. The van der Waals surface area contributed by atoms with Crippen LogP contribution in [0.25, 0.3) is 11.4 Å². The van der Waals surface area contributed by atoms with Crippen molar-refractivity contribution < 1.29 is 34.8 Å². The van der Waals surface area contributed by atoms with Gasteiger partial charge in [0.25, 0.3) is 0 Å². The minimum atomic E-state index is -4.76. The summed E-state index contributed by atoms with van der Waals surface area (Å²) in [5.41, 5.74) is -1.25. The molecule has 1 aromatic heterocycles. The molecule has 156 valence electrons. The Morgan fingerprint density at radius 2 is 1.79 bits per heavy atom. The second kappa shape index (κ2) is 7.58. The number of rotatable bonds is 5. The lowest BCUT2D eigenvalue weighted by Gasteiger charge is -2.15.